The average Bonchev–Trinajstić information content (AvgIpc) is 2.69. The fraction of sp³-hybridized carbons (Fsp3) is 0.250. The van der Waals surface area contributed by atoms with Crippen molar-refractivity contribution in [3.8, 4) is 11.8 Å². The number of aromatic nitrogens is 2. The lowest BCUT2D eigenvalue weighted by molar-refractivity contribution is 0.412. The molecule has 0 aliphatic carbocycles. The third-order valence-corrected chi connectivity index (χ3v) is 2.31. The minimum absolute atomic E-state index is 0.645. The van der Waals surface area contributed by atoms with E-state index < -0.39 is 0 Å². The first kappa shape index (κ1) is 9.77. The van der Waals surface area contributed by atoms with Crippen LogP contribution in [0.2, 0.25) is 0 Å². The number of aryl methyl sites for hydroxylation is 2. The number of ether oxygens (including phenoxy) is 1. The van der Waals surface area contributed by atoms with E-state index in [1.807, 2.05) is 42.0 Å². The van der Waals surface area contributed by atoms with E-state index in [2.05, 4.69) is 11.9 Å². The molecule has 0 bridgehead atoms. The van der Waals surface area contributed by atoms with Gasteiger partial charge in [0, 0.05) is 18.9 Å². The molecule has 3 nitrogen and oxygen atoms in total. The molecule has 3 heteroatoms. The van der Waals surface area contributed by atoms with Gasteiger partial charge in [-0.25, -0.2) is 4.98 Å². The van der Waals surface area contributed by atoms with Gasteiger partial charge in [-0.15, -0.1) is 0 Å². The Kier molecular flexibility index (Phi) is 2.72. The molecule has 0 spiro atoms. The fourth-order valence-corrected chi connectivity index (χ4v) is 1.41. The maximum atomic E-state index is 5.72. The molecule has 0 aliphatic heterocycles. The van der Waals surface area contributed by atoms with Crippen LogP contribution in [0.3, 0.4) is 0 Å². The van der Waals surface area contributed by atoms with Crippen molar-refractivity contribution in [2.75, 3.05) is 0 Å². The van der Waals surface area contributed by atoms with Crippen LogP contribution in [0.4, 0.5) is 0 Å². The lowest BCUT2D eigenvalue weighted by atomic mass is 10.2. The Morgan fingerprint density at radius 3 is 2.87 bits per heavy atom. The number of benzene rings is 1. The molecule has 78 valence electrons. The van der Waals surface area contributed by atoms with Crippen molar-refractivity contribution in [1.82, 2.24) is 9.55 Å². The number of hydrogen-bond acceptors (Lipinski definition) is 2. The molecule has 1 aromatic carbocycles. The third-order valence-electron chi connectivity index (χ3n) is 2.31. The van der Waals surface area contributed by atoms with Gasteiger partial charge in [-0.1, -0.05) is 18.2 Å². The second-order valence-electron chi connectivity index (χ2n) is 3.36. The van der Waals surface area contributed by atoms with E-state index in [1.54, 1.807) is 6.20 Å². The SMILES string of the molecule is CCn1ccnc1Oc1ccccc1C. The Balaban J connectivity index is 2.26. The van der Waals surface area contributed by atoms with E-state index in [4.69, 9.17) is 4.74 Å². The molecule has 1 heterocycles. The molecule has 0 N–H and O–H groups in total. The van der Waals surface area contributed by atoms with Crippen LogP contribution in [0.1, 0.15) is 12.5 Å². The van der Waals surface area contributed by atoms with Crippen LogP contribution < -0.4 is 4.74 Å². The van der Waals surface area contributed by atoms with E-state index >= 15 is 0 Å². The normalized spacial score (nSPS) is 10.3. The van der Waals surface area contributed by atoms with Gasteiger partial charge in [0.05, 0.1) is 0 Å². The van der Waals surface area contributed by atoms with Gasteiger partial charge in [-0.05, 0) is 25.5 Å². The first-order valence-corrected chi connectivity index (χ1v) is 5.06. The van der Waals surface area contributed by atoms with Crippen LogP contribution >= 0.6 is 0 Å². The summed E-state index contributed by atoms with van der Waals surface area (Å²) < 4.78 is 7.69. The quantitative estimate of drug-likeness (QED) is 0.765. The molecule has 0 amide bonds. The van der Waals surface area contributed by atoms with Gasteiger partial charge >= 0.3 is 6.01 Å². The molecular formula is C12H14N2O. The number of rotatable bonds is 3. The molecule has 0 saturated carbocycles. The molecule has 0 unspecified atom stereocenters. The zero-order chi connectivity index (χ0) is 10.7. The number of nitrogens with zero attached hydrogens (tertiary/aromatic N) is 2. The van der Waals surface area contributed by atoms with E-state index in [0.29, 0.717) is 6.01 Å². The van der Waals surface area contributed by atoms with Crippen molar-refractivity contribution in [3.05, 3.63) is 42.2 Å². The highest BCUT2D eigenvalue weighted by molar-refractivity contribution is 5.33. The van der Waals surface area contributed by atoms with Crippen LogP contribution in [-0.4, -0.2) is 9.55 Å². The van der Waals surface area contributed by atoms with Crippen molar-refractivity contribution < 1.29 is 4.74 Å². The maximum absolute atomic E-state index is 5.72. The van der Waals surface area contributed by atoms with Crippen LogP contribution in [0.5, 0.6) is 11.8 Å². The van der Waals surface area contributed by atoms with Crippen LogP contribution in [-0.2, 0) is 6.54 Å². The topological polar surface area (TPSA) is 27.1 Å². The second kappa shape index (κ2) is 4.17. The molecule has 0 fully saturated rings. The lowest BCUT2D eigenvalue weighted by Crippen LogP contribution is -1.97. The average molecular weight is 202 g/mol. The van der Waals surface area contributed by atoms with E-state index in [1.165, 1.54) is 0 Å². The summed E-state index contributed by atoms with van der Waals surface area (Å²) in [6.45, 7) is 4.95. The highest BCUT2D eigenvalue weighted by Crippen LogP contribution is 2.22. The minimum Gasteiger partial charge on any atom is -0.425 e. The highest BCUT2D eigenvalue weighted by Gasteiger charge is 2.05. The first-order chi connectivity index (χ1) is 7.31. The maximum Gasteiger partial charge on any atom is 0.301 e. The lowest BCUT2D eigenvalue weighted by Gasteiger charge is -2.08. The van der Waals surface area contributed by atoms with Gasteiger partial charge in [0.25, 0.3) is 0 Å². The zero-order valence-electron chi connectivity index (χ0n) is 8.97. The monoisotopic (exact) mass is 202 g/mol. The summed E-state index contributed by atoms with van der Waals surface area (Å²) in [5.74, 6) is 0.860. The Labute approximate surface area is 89.3 Å². The van der Waals surface area contributed by atoms with Crippen molar-refractivity contribution in [2.45, 2.75) is 20.4 Å². The minimum atomic E-state index is 0.645. The van der Waals surface area contributed by atoms with E-state index in [-0.39, 0.29) is 0 Å². The van der Waals surface area contributed by atoms with Crippen LogP contribution in [0.25, 0.3) is 0 Å². The molecule has 1 aromatic heterocycles. The van der Waals surface area contributed by atoms with Crippen molar-refractivity contribution >= 4 is 0 Å². The predicted octanol–water partition coefficient (Wildman–Crippen LogP) is 3.00. The molecule has 2 rings (SSSR count). The second-order valence-corrected chi connectivity index (χ2v) is 3.36. The smallest absolute Gasteiger partial charge is 0.301 e. The Hall–Kier alpha value is -1.77. The van der Waals surface area contributed by atoms with Gasteiger partial charge in [0.15, 0.2) is 0 Å². The van der Waals surface area contributed by atoms with Crippen molar-refractivity contribution in [2.24, 2.45) is 0 Å². The van der Waals surface area contributed by atoms with Crippen LogP contribution in [0, 0.1) is 6.92 Å². The van der Waals surface area contributed by atoms with Gasteiger partial charge in [0.1, 0.15) is 5.75 Å². The fourth-order valence-electron chi connectivity index (χ4n) is 1.41. The summed E-state index contributed by atoms with van der Waals surface area (Å²) in [5.41, 5.74) is 1.11. The van der Waals surface area contributed by atoms with Gasteiger partial charge < -0.3 is 9.30 Å². The molecule has 0 saturated heterocycles. The number of hydrogen-bond donors (Lipinski definition) is 0. The summed E-state index contributed by atoms with van der Waals surface area (Å²) in [4.78, 5) is 4.16. The molecule has 0 aliphatic rings. The Morgan fingerprint density at radius 2 is 2.13 bits per heavy atom. The molecule has 2 aromatic rings. The first-order valence-electron chi connectivity index (χ1n) is 5.06. The van der Waals surface area contributed by atoms with Crippen molar-refractivity contribution in [1.29, 1.82) is 0 Å². The predicted molar refractivity (Wildman–Crippen MR) is 59.2 cm³/mol. The Morgan fingerprint density at radius 1 is 1.33 bits per heavy atom. The largest absolute Gasteiger partial charge is 0.425 e. The van der Waals surface area contributed by atoms with Gasteiger partial charge in [-0.3, -0.25) is 0 Å². The van der Waals surface area contributed by atoms with E-state index in [9.17, 15) is 0 Å². The molecule has 15 heavy (non-hydrogen) atoms. The van der Waals surface area contributed by atoms with Crippen molar-refractivity contribution in [3.63, 3.8) is 0 Å². The van der Waals surface area contributed by atoms with E-state index in [0.717, 1.165) is 17.9 Å². The summed E-state index contributed by atoms with van der Waals surface area (Å²) in [6, 6.07) is 8.57. The number of para-hydroxylation sites is 1. The Bertz CT molecular complexity index is 448. The molecule has 0 radical (unpaired) electrons. The summed E-state index contributed by atoms with van der Waals surface area (Å²) in [6.07, 6.45) is 3.66. The van der Waals surface area contributed by atoms with Crippen LogP contribution in [0.15, 0.2) is 36.7 Å². The summed E-state index contributed by atoms with van der Waals surface area (Å²) >= 11 is 0. The third kappa shape index (κ3) is 2.01. The van der Waals surface area contributed by atoms with Gasteiger partial charge in [-0.2, -0.15) is 0 Å². The summed E-state index contributed by atoms with van der Waals surface area (Å²) in [5, 5.41) is 0. The highest BCUT2D eigenvalue weighted by atomic mass is 16.5. The number of imidazole rings is 1. The summed E-state index contributed by atoms with van der Waals surface area (Å²) in [7, 11) is 0. The standard InChI is InChI=1S/C12H14N2O/c1-3-14-9-8-13-12(14)15-11-7-5-4-6-10(11)2/h4-9H,3H2,1-2H3. The van der Waals surface area contributed by atoms with Gasteiger partial charge in [0.2, 0.25) is 0 Å². The molecular weight excluding hydrogens is 188 g/mol. The molecule has 0 atom stereocenters. The zero-order valence-corrected chi connectivity index (χ0v) is 8.97.